The molecule has 0 bridgehead atoms. The van der Waals surface area contributed by atoms with Gasteiger partial charge in [0.15, 0.2) is 0 Å². The van der Waals surface area contributed by atoms with Gasteiger partial charge in [-0.05, 0) is 47.8 Å². The maximum atomic E-state index is 11.4. The Morgan fingerprint density at radius 1 is 1.12 bits per heavy atom. The number of nitrogens with one attached hydrogen (secondary N) is 2. The second kappa shape index (κ2) is 7.27. The summed E-state index contributed by atoms with van der Waals surface area (Å²) < 4.78 is 0. The molecule has 17 heavy (non-hydrogen) atoms. The molecule has 0 rings (SSSR count). The van der Waals surface area contributed by atoms with E-state index in [2.05, 4.69) is 15.5 Å². The summed E-state index contributed by atoms with van der Waals surface area (Å²) in [5.41, 5.74) is -0.289. The Morgan fingerprint density at radius 2 is 1.71 bits per heavy atom. The van der Waals surface area contributed by atoms with Crippen molar-refractivity contribution in [1.29, 1.82) is 0 Å². The number of hydrogen-bond donors (Lipinski definition) is 2. The Labute approximate surface area is 104 Å². The summed E-state index contributed by atoms with van der Waals surface area (Å²) in [6, 6.07) is 0. The van der Waals surface area contributed by atoms with E-state index >= 15 is 0 Å². The summed E-state index contributed by atoms with van der Waals surface area (Å²) >= 11 is 0. The summed E-state index contributed by atoms with van der Waals surface area (Å²) in [6.45, 7) is 7.20. The summed E-state index contributed by atoms with van der Waals surface area (Å²) in [5.74, 6) is -0.451. The predicted octanol–water partition coefficient (Wildman–Crippen LogP) is 0.359. The van der Waals surface area contributed by atoms with Gasteiger partial charge in [-0.2, -0.15) is 0 Å². The van der Waals surface area contributed by atoms with Crippen LogP contribution in [0.5, 0.6) is 0 Å². The van der Waals surface area contributed by atoms with Crippen LogP contribution >= 0.6 is 0 Å². The number of carbonyl (C=O) groups excluding carboxylic acids is 2. The largest absolute Gasteiger partial charge is 0.356 e. The predicted molar refractivity (Wildman–Crippen MR) is 68.7 cm³/mol. The molecular weight excluding hydrogens is 218 g/mol. The second-order valence-electron chi connectivity index (χ2n) is 5.48. The lowest BCUT2D eigenvalue weighted by atomic mass is 10.1. The molecule has 0 aromatic carbocycles. The van der Waals surface area contributed by atoms with E-state index in [1.54, 1.807) is 0 Å². The fourth-order valence-corrected chi connectivity index (χ4v) is 1.29. The number of hydrogen-bond acceptors (Lipinski definition) is 3. The third kappa shape index (κ3) is 11.2. The van der Waals surface area contributed by atoms with Crippen LogP contribution in [0.1, 0.15) is 33.6 Å². The minimum Gasteiger partial charge on any atom is -0.356 e. The van der Waals surface area contributed by atoms with Gasteiger partial charge >= 0.3 is 0 Å². The van der Waals surface area contributed by atoms with Crippen LogP contribution in [0.2, 0.25) is 0 Å². The fraction of sp³-hybridized carbons (Fsp3) is 0.833. The molecule has 0 saturated heterocycles. The van der Waals surface area contributed by atoms with Gasteiger partial charge in [0.1, 0.15) is 6.42 Å². The van der Waals surface area contributed by atoms with Gasteiger partial charge in [-0.3, -0.25) is 9.59 Å². The number of amides is 2. The van der Waals surface area contributed by atoms with Crippen LogP contribution in [0.15, 0.2) is 0 Å². The van der Waals surface area contributed by atoms with E-state index in [9.17, 15) is 9.59 Å². The average Bonchev–Trinajstić information content (AvgIpc) is 2.08. The molecule has 0 aliphatic carbocycles. The van der Waals surface area contributed by atoms with Crippen LogP contribution in [0.25, 0.3) is 0 Å². The summed E-state index contributed by atoms with van der Waals surface area (Å²) in [5, 5.41) is 5.48. The van der Waals surface area contributed by atoms with Gasteiger partial charge < -0.3 is 15.5 Å². The molecule has 0 heterocycles. The Kier molecular flexibility index (Phi) is 6.80. The fourth-order valence-electron chi connectivity index (χ4n) is 1.29. The highest BCUT2D eigenvalue weighted by Gasteiger charge is 2.16. The van der Waals surface area contributed by atoms with Crippen molar-refractivity contribution in [2.24, 2.45) is 0 Å². The normalized spacial score (nSPS) is 11.4. The first kappa shape index (κ1) is 15.9. The van der Waals surface area contributed by atoms with Crippen molar-refractivity contribution in [1.82, 2.24) is 15.5 Å². The lowest BCUT2D eigenvalue weighted by Crippen LogP contribution is -2.42. The van der Waals surface area contributed by atoms with Gasteiger partial charge in [0.05, 0.1) is 0 Å². The van der Waals surface area contributed by atoms with Crippen molar-refractivity contribution in [2.75, 3.05) is 27.2 Å². The zero-order valence-electron chi connectivity index (χ0n) is 11.6. The molecule has 0 aromatic heterocycles. The Bertz CT molecular complexity index is 257. The quantitative estimate of drug-likeness (QED) is 0.523. The van der Waals surface area contributed by atoms with Crippen LogP contribution < -0.4 is 10.6 Å². The van der Waals surface area contributed by atoms with Crippen LogP contribution in [-0.2, 0) is 9.59 Å². The van der Waals surface area contributed by atoms with E-state index in [0.29, 0.717) is 6.54 Å². The van der Waals surface area contributed by atoms with Gasteiger partial charge in [0.25, 0.3) is 0 Å². The summed E-state index contributed by atoms with van der Waals surface area (Å²) in [4.78, 5) is 24.9. The molecule has 0 saturated carbocycles. The van der Waals surface area contributed by atoms with E-state index < -0.39 is 0 Å². The molecule has 5 heteroatoms. The number of nitrogens with zero attached hydrogens (tertiary/aromatic N) is 1. The molecule has 100 valence electrons. The monoisotopic (exact) mass is 243 g/mol. The zero-order valence-corrected chi connectivity index (χ0v) is 11.6. The maximum absolute atomic E-state index is 11.4. The Hall–Kier alpha value is -1.10. The van der Waals surface area contributed by atoms with Crippen molar-refractivity contribution in [3.05, 3.63) is 0 Å². The Balaban J connectivity index is 3.69. The first-order valence-corrected chi connectivity index (χ1v) is 5.93. The van der Waals surface area contributed by atoms with E-state index in [0.717, 1.165) is 13.0 Å². The van der Waals surface area contributed by atoms with Gasteiger partial charge in [0, 0.05) is 12.1 Å². The van der Waals surface area contributed by atoms with Crippen molar-refractivity contribution in [3.63, 3.8) is 0 Å². The third-order valence-electron chi connectivity index (χ3n) is 1.94. The van der Waals surface area contributed by atoms with Gasteiger partial charge in [0.2, 0.25) is 11.8 Å². The smallest absolute Gasteiger partial charge is 0.229 e. The van der Waals surface area contributed by atoms with Crippen LogP contribution in [0, 0.1) is 0 Å². The molecule has 0 aliphatic heterocycles. The van der Waals surface area contributed by atoms with Crippen molar-refractivity contribution < 1.29 is 9.59 Å². The van der Waals surface area contributed by atoms with E-state index in [-0.39, 0.29) is 23.8 Å². The highest BCUT2D eigenvalue weighted by atomic mass is 16.2. The highest BCUT2D eigenvalue weighted by Crippen LogP contribution is 1.98. The van der Waals surface area contributed by atoms with Crippen LogP contribution in [0.3, 0.4) is 0 Å². The number of carbonyl (C=O) groups is 2. The second-order valence-corrected chi connectivity index (χ2v) is 5.48. The van der Waals surface area contributed by atoms with Gasteiger partial charge in [-0.25, -0.2) is 0 Å². The molecule has 0 aromatic rings. The molecule has 0 fully saturated rings. The molecule has 0 spiro atoms. The lowest BCUT2D eigenvalue weighted by molar-refractivity contribution is -0.130. The van der Waals surface area contributed by atoms with E-state index in [1.807, 2.05) is 34.9 Å². The maximum Gasteiger partial charge on any atom is 0.229 e. The molecule has 0 unspecified atom stereocenters. The average molecular weight is 243 g/mol. The molecule has 2 amide bonds. The van der Waals surface area contributed by atoms with E-state index in [4.69, 9.17) is 0 Å². The molecule has 2 N–H and O–H groups in total. The molecular formula is C12H25N3O2. The first-order chi connectivity index (χ1) is 7.70. The van der Waals surface area contributed by atoms with Crippen LogP contribution in [0.4, 0.5) is 0 Å². The van der Waals surface area contributed by atoms with Crippen molar-refractivity contribution in [2.45, 2.75) is 39.2 Å². The standard InChI is InChI=1S/C12H25N3O2/c1-12(2,3)14-11(17)9-10(16)13-7-6-8-15(4)5/h6-9H2,1-5H3,(H,13,16)(H,14,17). The van der Waals surface area contributed by atoms with E-state index in [1.165, 1.54) is 0 Å². The van der Waals surface area contributed by atoms with Crippen molar-refractivity contribution >= 4 is 11.8 Å². The van der Waals surface area contributed by atoms with Gasteiger partial charge in [-0.1, -0.05) is 0 Å². The number of rotatable bonds is 6. The molecule has 0 radical (unpaired) electrons. The molecule has 0 atom stereocenters. The topological polar surface area (TPSA) is 61.4 Å². The van der Waals surface area contributed by atoms with Crippen LogP contribution in [-0.4, -0.2) is 49.4 Å². The van der Waals surface area contributed by atoms with Gasteiger partial charge in [-0.15, -0.1) is 0 Å². The van der Waals surface area contributed by atoms with Crippen molar-refractivity contribution in [3.8, 4) is 0 Å². The summed E-state index contributed by atoms with van der Waals surface area (Å²) in [7, 11) is 3.97. The highest BCUT2D eigenvalue weighted by molar-refractivity contribution is 5.97. The Morgan fingerprint density at radius 3 is 2.18 bits per heavy atom. The third-order valence-corrected chi connectivity index (χ3v) is 1.94. The SMILES string of the molecule is CN(C)CCCNC(=O)CC(=O)NC(C)(C)C. The molecule has 5 nitrogen and oxygen atoms in total. The molecule has 0 aliphatic rings. The lowest BCUT2D eigenvalue weighted by Gasteiger charge is -2.20. The summed E-state index contributed by atoms with van der Waals surface area (Å²) in [6.07, 6.45) is 0.791. The zero-order chi connectivity index (χ0) is 13.5. The minimum absolute atomic E-state index is 0.0980. The first-order valence-electron chi connectivity index (χ1n) is 5.93. The minimum atomic E-state index is -0.289.